The maximum Gasteiger partial charge on any atom is 0.245 e. The van der Waals surface area contributed by atoms with Gasteiger partial charge in [0.2, 0.25) is 11.8 Å². The van der Waals surface area contributed by atoms with Crippen LogP contribution >= 0.6 is 0 Å². The lowest BCUT2D eigenvalue weighted by Crippen LogP contribution is -2.61. The van der Waals surface area contributed by atoms with Gasteiger partial charge in [0.05, 0.1) is 13.2 Å². The van der Waals surface area contributed by atoms with Crippen LogP contribution in [0.4, 0.5) is 0 Å². The molecule has 0 spiro atoms. The van der Waals surface area contributed by atoms with Crippen LogP contribution in [0.5, 0.6) is 0 Å². The van der Waals surface area contributed by atoms with E-state index in [2.05, 4.69) is 5.32 Å². The third-order valence-corrected chi connectivity index (χ3v) is 3.95. The number of nitrogens with zero attached hydrogens (tertiary/aromatic N) is 1. The van der Waals surface area contributed by atoms with Crippen molar-refractivity contribution >= 4 is 11.8 Å². The minimum atomic E-state index is -0.332. The summed E-state index contributed by atoms with van der Waals surface area (Å²) in [6, 6.07) is -0.244. The molecule has 18 heavy (non-hydrogen) atoms. The summed E-state index contributed by atoms with van der Waals surface area (Å²) >= 11 is 0. The summed E-state index contributed by atoms with van der Waals surface area (Å²) in [4.78, 5) is 25.8. The van der Waals surface area contributed by atoms with E-state index in [-0.39, 0.29) is 30.4 Å². The van der Waals surface area contributed by atoms with Gasteiger partial charge in [0.15, 0.2) is 0 Å². The molecule has 0 aliphatic carbocycles. The molecule has 5 nitrogen and oxygen atoms in total. The molecule has 0 aromatic heterocycles. The minimum Gasteiger partial charge on any atom is -0.381 e. The zero-order valence-corrected chi connectivity index (χ0v) is 11.1. The third-order valence-electron chi connectivity index (χ3n) is 3.95. The SMILES string of the molecule is CCCC1NC(=O)CN(C(C)C2CCOC2)C1=O. The molecule has 3 atom stereocenters. The van der Waals surface area contributed by atoms with Gasteiger partial charge in [-0.3, -0.25) is 9.59 Å². The molecule has 2 aliphatic rings. The molecule has 0 aromatic carbocycles. The first-order chi connectivity index (χ1) is 8.63. The quantitative estimate of drug-likeness (QED) is 0.796. The summed E-state index contributed by atoms with van der Waals surface area (Å²) in [5.74, 6) is 0.386. The first-order valence-corrected chi connectivity index (χ1v) is 6.81. The van der Waals surface area contributed by atoms with Crippen molar-refractivity contribution in [1.82, 2.24) is 10.2 Å². The van der Waals surface area contributed by atoms with Crippen LogP contribution in [0.1, 0.15) is 33.1 Å². The van der Waals surface area contributed by atoms with Gasteiger partial charge in [-0.2, -0.15) is 0 Å². The molecule has 2 fully saturated rings. The number of amides is 2. The van der Waals surface area contributed by atoms with Crippen LogP contribution in [0.3, 0.4) is 0 Å². The summed E-state index contributed by atoms with van der Waals surface area (Å²) in [5.41, 5.74) is 0. The van der Waals surface area contributed by atoms with Gasteiger partial charge in [-0.25, -0.2) is 0 Å². The topological polar surface area (TPSA) is 58.6 Å². The Morgan fingerprint density at radius 1 is 1.50 bits per heavy atom. The minimum absolute atomic E-state index is 0.0428. The van der Waals surface area contributed by atoms with Crippen LogP contribution in [0.15, 0.2) is 0 Å². The predicted octanol–water partition coefficient (Wildman–Crippen LogP) is 0.538. The lowest BCUT2D eigenvalue weighted by atomic mass is 9.96. The average molecular weight is 254 g/mol. The fraction of sp³-hybridized carbons (Fsp3) is 0.846. The number of carbonyl (C=O) groups excluding carboxylic acids is 2. The van der Waals surface area contributed by atoms with Crippen LogP contribution in [-0.2, 0) is 14.3 Å². The molecule has 5 heteroatoms. The highest BCUT2D eigenvalue weighted by Crippen LogP contribution is 2.23. The Bertz CT molecular complexity index is 326. The van der Waals surface area contributed by atoms with Crippen molar-refractivity contribution in [2.45, 2.75) is 45.2 Å². The summed E-state index contributed by atoms with van der Waals surface area (Å²) in [6.45, 7) is 5.70. The van der Waals surface area contributed by atoms with Crippen molar-refractivity contribution in [2.75, 3.05) is 19.8 Å². The van der Waals surface area contributed by atoms with E-state index in [9.17, 15) is 9.59 Å². The number of piperazine rings is 1. The second kappa shape index (κ2) is 5.69. The molecule has 0 radical (unpaired) electrons. The molecule has 2 saturated heterocycles. The van der Waals surface area contributed by atoms with Gasteiger partial charge in [-0.15, -0.1) is 0 Å². The van der Waals surface area contributed by atoms with Crippen molar-refractivity contribution < 1.29 is 14.3 Å². The zero-order valence-electron chi connectivity index (χ0n) is 11.1. The highest BCUT2D eigenvalue weighted by Gasteiger charge is 2.37. The van der Waals surface area contributed by atoms with Crippen LogP contribution in [0.25, 0.3) is 0 Å². The van der Waals surface area contributed by atoms with Crippen molar-refractivity contribution in [3.8, 4) is 0 Å². The van der Waals surface area contributed by atoms with E-state index in [1.54, 1.807) is 4.90 Å². The van der Waals surface area contributed by atoms with Gasteiger partial charge in [0.25, 0.3) is 0 Å². The number of ether oxygens (including phenoxy) is 1. The fourth-order valence-electron chi connectivity index (χ4n) is 2.75. The van der Waals surface area contributed by atoms with Gasteiger partial charge < -0.3 is 15.0 Å². The summed E-state index contributed by atoms with van der Waals surface area (Å²) in [6.07, 6.45) is 2.59. The monoisotopic (exact) mass is 254 g/mol. The van der Waals surface area contributed by atoms with Crippen LogP contribution < -0.4 is 5.32 Å². The smallest absolute Gasteiger partial charge is 0.245 e. The highest BCUT2D eigenvalue weighted by atomic mass is 16.5. The van der Waals surface area contributed by atoms with E-state index in [1.807, 2.05) is 13.8 Å². The molecule has 0 aromatic rings. The summed E-state index contributed by atoms with van der Waals surface area (Å²) in [7, 11) is 0. The summed E-state index contributed by atoms with van der Waals surface area (Å²) < 4.78 is 5.37. The molecular weight excluding hydrogens is 232 g/mol. The summed E-state index contributed by atoms with van der Waals surface area (Å²) in [5, 5.41) is 2.78. The fourth-order valence-corrected chi connectivity index (χ4v) is 2.75. The second-order valence-corrected chi connectivity index (χ2v) is 5.24. The average Bonchev–Trinajstić information content (AvgIpc) is 2.86. The Balaban J connectivity index is 2.05. The van der Waals surface area contributed by atoms with E-state index in [0.717, 1.165) is 25.9 Å². The van der Waals surface area contributed by atoms with Crippen LogP contribution in [0, 0.1) is 5.92 Å². The van der Waals surface area contributed by atoms with E-state index >= 15 is 0 Å². The van der Waals surface area contributed by atoms with Gasteiger partial charge in [0.1, 0.15) is 6.04 Å². The Morgan fingerprint density at radius 3 is 2.89 bits per heavy atom. The number of rotatable bonds is 4. The number of nitrogens with one attached hydrogen (secondary N) is 1. The Morgan fingerprint density at radius 2 is 2.28 bits per heavy atom. The molecule has 102 valence electrons. The lowest BCUT2D eigenvalue weighted by Gasteiger charge is -2.38. The Labute approximate surface area is 108 Å². The van der Waals surface area contributed by atoms with E-state index in [0.29, 0.717) is 12.5 Å². The molecule has 1 N–H and O–H groups in total. The van der Waals surface area contributed by atoms with Crippen molar-refractivity contribution in [1.29, 1.82) is 0 Å². The zero-order chi connectivity index (χ0) is 13.1. The highest BCUT2D eigenvalue weighted by molar-refractivity contribution is 5.95. The van der Waals surface area contributed by atoms with Gasteiger partial charge in [0, 0.05) is 18.6 Å². The third kappa shape index (κ3) is 2.66. The molecule has 2 aliphatic heterocycles. The first-order valence-electron chi connectivity index (χ1n) is 6.81. The van der Waals surface area contributed by atoms with Crippen molar-refractivity contribution in [3.05, 3.63) is 0 Å². The molecule has 0 bridgehead atoms. The first kappa shape index (κ1) is 13.3. The van der Waals surface area contributed by atoms with Gasteiger partial charge in [-0.1, -0.05) is 13.3 Å². The lowest BCUT2D eigenvalue weighted by molar-refractivity contribution is -0.147. The van der Waals surface area contributed by atoms with Gasteiger partial charge in [-0.05, 0) is 19.8 Å². The number of carbonyl (C=O) groups is 2. The van der Waals surface area contributed by atoms with Crippen molar-refractivity contribution in [3.63, 3.8) is 0 Å². The van der Waals surface area contributed by atoms with E-state index in [4.69, 9.17) is 4.74 Å². The predicted molar refractivity (Wildman–Crippen MR) is 66.9 cm³/mol. The Hall–Kier alpha value is -1.10. The number of hydrogen-bond donors (Lipinski definition) is 1. The molecule has 2 amide bonds. The number of hydrogen-bond acceptors (Lipinski definition) is 3. The maximum atomic E-state index is 12.3. The van der Waals surface area contributed by atoms with Crippen LogP contribution in [0.2, 0.25) is 0 Å². The van der Waals surface area contributed by atoms with Gasteiger partial charge >= 0.3 is 0 Å². The van der Waals surface area contributed by atoms with E-state index < -0.39 is 0 Å². The molecule has 2 rings (SSSR count). The molecule has 3 unspecified atom stereocenters. The largest absolute Gasteiger partial charge is 0.381 e. The molecule has 0 saturated carbocycles. The normalized spacial score (nSPS) is 30.4. The molecule has 2 heterocycles. The van der Waals surface area contributed by atoms with Crippen LogP contribution in [-0.4, -0.2) is 48.6 Å². The Kier molecular flexibility index (Phi) is 4.22. The molecular formula is C13H22N2O3. The van der Waals surface area contributed by atoms with E-state index in [1.165, 1.54) is 0 Å². The van der Waals surface area contributed by atoms with Crippen molar-refractivity contribution in [2.24, 2.45) is 5.92 Å². The second-order valence-electron chi connectivity index (χ2n) is 5.24. The standard InChI is InChI=1S/C13H22N2O3/c1-3-4-11-13(17)15(7-12(16)14-11)9(2)10-5-6-18-8-10/h9-11H,3-8H2,1-2H3,(H,14,16). The maximum absolute atomic E-state index is 12.3.